The number of sulfonamides is 1. The van der Waals surface area contributed by atoms with Gasteiger partial charge in [0.1, 0.15) is 0 Å². The van der Waals surface area contributed by atoms with Crippen LogP contribution in [0, 0.1) is 0 Å². The number of hydrogen-bond donors (Lipinski definition) is 1. The molecule has 8 heteroatoms. The molecule has 1 N–H and O–H groups in total. The van der Waals surface area contributed by atoms with Crippen molar-refractivity contribution in [1.29, 1.82) is 0 Å². The Bertz CT molecular complexity index is 826. The van der Waals surface area contributed by atoms with Crippen molar-refractivity contribution in [3.63, 3.8) is 0 Å². The van der Waals surface area contributed by atoms with E-state index in [9.17, 15) is 18.0 Å². The summed E-state index contributed by atoms with van der Waals surface area (Å²) in [6.07, 6.45) is 10.3. The van der Waals surface area contributed by atoms with Crippen molar-refractivity contribution >= 4 is 21.9 Å². The number of piperidine rings is 1. The second-order valence-corrected chi connectivity index (χ2v) is 10.1. The first-order valence-corrected chi connectivity index (χ1v) is 12.5. The Hall–Kier alpha value is -1.93. The molecule has 0 radical (unpaired) electrons. The average Bonchev–Trinajstić information content (AvgIpc) is 2.74. The van der Waals surface area contributed by atoms with Gasteiger partial charge in [-0.05, 0) is 37.8 Å². The largest absolute Gasteiger partial charge is 0.452 e. The zero-order chi connectivity index (χ0) is 21.4. The van der Waals surface area contributed by atoms with Crippen LogP contribution in [0.5, 0.6) is 0 Å². The molecule has 1 heterocycles. The monoisotopic (exact) mass is 436 g/mol. The van der Waals surface area contributed by atoms with Crippen molar-refractivity contribution in [3.05, 3.63) is 29.8 Å². The zero-order valence-corrected chi connectivity index (χ0v) is 18.3. The van der Waals surface area contributed by atoms with Crippen LogP contribution < -0.4 is 5.32 Å². The maximum Gasteiger partial charge on any atom is 0.340 e. The molecule has 1 saturated carbocycles. The van der Waals surface area contributed by atoms with E-state index in [4.69, 9.17) is 4.74 Å². The highest BCUT2D eigenvalue weighted by Gasteiger charge is 2.30. The molecular weight excluding hydrogens is 404 g/mol. The molecule has 0 unspecified atom stereocenters. The fraction of sp³-hybridized carbons (Fsp3) is 0.636. The van der Waals surface area contributed by atoms with Gasteiger partial charge in [0.25, 0.3) is 5.91 Å². The van der Waals surface area contributed by atoms with Gasteiger partial charge in [0, 0.05) is 19.1 Å². The molecule has 0 aromatic heterocycles. The Morgan fingerprint density at radius 2 is 1.53 bits per heavy atom. The second-order valence-electron chi connectivity index (χ2n) is 8.15. The Morgan fingerprint density at radius 3 is 2.23 bits per heavy atom. The topological polar surface area (TPSA) is 92.8 Å². The van der Waals surface area contributed by atoms with E-state index in [-0.39, 0.29) is 22.4 Å². The second kappa shape index (κ2) is 10.9. The van der Waals surface area contributed by atoms with Crippen LogP contribution >= 0.6 is 0 Å². The van der Waals surface area contributed by atoms with Gasteiger partial charge in [0.15, 0.2) is 6.61 Å². The molecule has 3 rings (SSSR count). The van der Waals surface area contributed by atoms with Crippen LogP contribution in [0.1, 0.15) is 74.6 Å². The van der Waals surface area contributed by atoms with Gasteiger partial charge in [-0.2, -0.15) is 4.31 Å². The Labute approximate surface area is 179 Å². The molecule has 2 aliphatic rings. The van der Waals surface area contributed by atoms with Gasteiger partial charge in [0.2, 0.25) is 10.0 Å². The number of hydrogen-bond acceptors (Lipinski definition) is 5. The number of nitrogens with zero attached hydrogens (tertiary/aromatic N) is 1. The van der Waals surface area contributed by atoms with Crippen molar-refractivity contribution in [3.8, 4) is 0 Å². The van der Waals surface area contributed by atoms with Gasteiger partial charge in [-0.1, -0.05) is 50.7 Å². The highest BCUT2D eigenvalue weighted by Crippen LogP contribution is 2.24. The molecule has 30 heavy (non-hydrogen) atoms. The SMILES string of the molecule is O=C(COC(=O)c1ccccc1S(=O)(=O)N1CCCCC1)NC1CCCCCCC1. The van der Waals surface area contributed by atoms with Crippen LogP contribution in [-0.2, 0) is 19.6 Å². The lowest BCUT2D eigenvalue weighted by atomic mass is 9.97. The molecule has 0 atom stereocenters. The maximum absolute atomic E-state index is 13.0. The molecular formula is C22H32N2O5S. The fourth-order valence-electron chi connectivity index (χ4n) is 4.18. The van der Waals surface area contributed by atoms with Gasteiger partial charge in [-0.25, -0.2) is 13.2 Å². The summed E-state index contributed by atoms with van der Waals surface area (Å²) in [4.78, 5) is 24.8. The van der Waals surface area contributed by atoms with E-state index in [1.54, 1.807) is 12.1 Å². The van der Waals surface area contributed by atoms with Gasteiger partial charge in [-0.15, -0.1) is 0 Å². The van der Waals surface area contributed by atoms with Crippen molar-refractivity contribution < 1.29 is 22.7 Å². The van der Waals surface area contributed by atoms with Crippen LogP contribution in [0.25, 0.3) is 0 Å². The number of carbonyl (C=O) groups excluding carboxylic acids is 2. The first-order valence-electron chi connectivity index (χ1n) is 11.0. The van der Waals surface area contributed by atoms with Crippen LogP contribution in [0.15, 0.2) is 29.2 Å². The van der Waals surface area contributed by atoms with Crippen molar-refractivity contribution in [1.82, 2.24) is 9.62 Å². The molecule has 166 valence electrons. The van der Waals surface area contributed by atoms with E-state index in [1.165, 1.54) is 35.7 Å². The van der Waals surface area contributed by atoms with Gasteiger partial charge in [0.05, 0.1) is 10.5 Å². The lowest BCUT2D eigenvalue weighted by Crippen LogP contribution is -2.38. The van der Waals surface area contributed by atoms with E-state index in [2.05, 4.69) is 5.32 Å². The summed E-state index contributed by atoms with van der Waals surface area (Å²) < 4.78 is 32.6. The van der Waals surface area contributed by atoms with E-state index >= 15 is 0 Å². The molecule has 0 spiro atoms. The van der Waals surface area contributed by atoms with Crippen LogP contribution in [-0.4, -0.2) is 50.3 Å². The Balaban J connectivity index is 1.61. The summed E-state index contributed by atoms with van der Waals surface area (Å²) in [7, 11) is -3.77. The van der Waals surface area contributed by atoms with Crippen molar-refractivity contribution in [2.75, 3.05) is 19.7 Å². The number of amides is 1. The number of nitrogens with one attached hydrogen (secondary N) is 1. The molecule has 0 bridgehead atoms. The minimum absolute atomic E-state index is 0.0261. The molecule has 1 saturated heterocycles. The van der Waals surface area contributed by atoms with Crippen LogP contribution in [0.2, 0.25) is 0 Å². The lowest BCUT2D eigenvalue weighted by molar-refractivity contribution is -0.125. The van der Waals surface area contributed by atoms with Crippen molar-refractivity contribution in [2.45, 2.75) is 75.1 Å². The number of esters is 1. The van der Waals surface area contributed by atoms with Crippen molar-refractivity contribution in [2.24, 2.45) is 0 Å². The third kappa shape index (κ3) is 6.04. The summed E-state index contributed by atoms with van der Waals surface area (Å²) in [5, 5.41) is 2.95. The summed E-state index contributed by atoms with van der Waals surface area (Å²) in [6, 6.07) is 6.17. The molecule has 1 aliphatic heterocycles. The standard InChI is InChI=1S/C22H32N2O5S/c25-21(23-18-11-5-2-1-3-6-12-18)17-29-22(26)19-13-7-8-14-20(19)30(27,28)24-15-9-4-10-16-24/h7-8,13-14,18H,1-6,9-12,15-17H2,(H,23,25). The van der Waals surface area contributed by atoms with Gasteiger partial charge in [-0.3, -0.25) is 4.79 Å². The summed E-state index contributed by atoms with van der Waals surface area (Å²) in [5.41, 5.74) is -0.0261. The molecule has 1 aromatic rings. The Kier molecular flexibility index (Phi) is 8.27. The fourth-order valence-corrected chi connectivity index (χ4v) is 5.88. The third-order valence-corrected chi connectivity index (χ3v) is 7.80. The highest BCUT2D eigenvalue weighted by atomic mass is 32.2. The van der Waals surface area contributed by atoms with E-state index in [0.717, 1.165) is 44.9 Å². The number of ether oxygens (including phenoxy) is 1. The molecule has 1 aliphatic carbocycles. The molecule has 2 fully saturated rings. The summed E-state index contributed by atoms with van der Waals surface area (Å²) in [5.74, 6) is -1.13. The predicted molar refractivity (Wildman–Crippen MR) is 114 cm³/mol. The maximum atomic E-state index is 13.0. The quantitative estimate of drug-likeness (QED) is 0.691. The van der Waals surface area contributed by atoms with Gasteiger partial charge >= 0.3 is 5.97 Å². The smallest absolute Gasteiger partial charge is 0.340 e. The normalized spacial score (nSPS) is 19.5. The zero-order valence-electron chi connectivity index (χ0n) is 17.5. The average molecular weight is 437 g/mol. The minimum Gasteiger partial charge on any atom is -0.452 e. The summed E-state index contributed by atoms with van der Waals surface area (Å²) in [6.45, 7) is 0.498. The summed E-state index contributed by atoms with van der Waals surface area (Å²) >= 11 is 0. The highest BCUT2D eigenvalue weighted by molar-refractivity contribution is 7.89. The van der Waals surface area contributed by atoms with Gasteiger partial charge < -0.3 is 10.1 Å². The number of rotatable bonds is 6. The number of carbonyl (C=O) groups is 2. The minimum atomic E-state index is -3.77. The number of benzene rings is 1. The van der Waals surface area contributed by atoms with Crippen LogP contribution in [0.3, 0.4) is 0 Å². The first-order chi connectivity index (χ1) is 14.5. The van der Waals surface area contributed by atoms with E-state index in [1.807, 2.05) is 0 Å². The molecule has 7 nitrogen and oxygen atoms in total. The molecule has 1 aromatic carbocycles. The predicted octanol–water partition coefficient (Wildman–Crippen LogP) is 3.25. The first kappa shape index (κ1) is 22.7. The third-order valence-electron chi connectivity index (χ3n) is 5.84. The van der Waals surface area contributed by atoms with Crippen LogP contribution in [0.4, 0.5) is 0 Å². The van der Waals surface area contributed by atoms with E-state index in [0.29, 0.717) is 13.1 Å². The lowest BCUT2D eigenvalue weighted by Gasteiger charge is -2.26. The van der Waals surface area contributed by atoms with E-state index < -0.39 is 22.6 Å². The Morgan fingerprint density at radius 1 is 0.933 bits per heavy atom. The molecule has 1 amide bonds.